The number of fused-ring (bicyclic) bond motifs is 1. The maximum Gasteiger partial charge on any atom is 0.151 e. The standard InChI is InChI=1S/C9H10FN3/c1-5-8(10)7(11)3-6-4-13(2)12-9(5)6/h3-4H,11H2,1-2H3. The molecule has 0 amide bonds. The van der Waals surface area contributed by atoms with Crippen LogP contribution in [-0.2, 0) is 7.05 Å². The molecule has 4 heteroatoms. The summed E-state index contributed by atoms with van der Waals surface area (Å²) in [6.07, 6.45) is 1.82. The zero-order chi connectivity index (χ0) is 9.59. The van der Waals surface area contributed by atoms with Gasteiger partial charge in [0.25, 0.3) is 0 Å². The Morgan fingerprint density at radius 2 is 2.23 bits per heavy atom. The molecule has 0 atom stereocenters. The van der Waals surface area contributed by atoms with Crippen LogP contribution in [0.15, 0.2) is 12.3 Å². The van der Waals surface area contributed by atoms with Crippen molar-refractivity contribution < 1.29 is 4.39 Å². The number of nitrogens with zero attached hydrogens (tertiary/aromatic N) is 2. The Labute approximate surface area is 75.0 Å². The van der Waals surface area contributed by atoms with E-state index in [9.17, 15) is 4.39 Å². The van der Waals surface area contributed by atoms with Gasteiger partial charge in [0.1, 0.15) is 0 Å². The Bertz CT molecular complexity index is 473. The molecule has 0 fully saturated rings. The van der Waals surface area contributed by atoms with Crippen molar-refractivity contribution in [2.45, 2.75) is 6.92 Å². The van der Waals surface area contributed by atoms with Crippen LogP contribution in [0.4, 0.5) is 10.1 Å². The van der Waals surface area contributed by atoms with E-state index < -0.39 is 0 Å². The summed E-state index contributed by atoms with van der Waals surface area (Å²) in [4.78, 5) is 0. The van der Waals surface area contributed by atoms with Crippen molar-refractivity contribution in [1.82, 2.24) is 9.78 Å². The van der Waals surface area contributed by atoms with Crippen LogP contribution < -0.4 is 5.73 Å². The summed E-state index contributed by atoms with van der Waals surface area (Å²) in [7, 11) is 1.80. The molecule has 0 aliphatic carbocycles. The van der Waals surface area contributed by atoms with Crippen molar-refractivity contribution in [3.05, 3.63) is 23.6 Å². The first-order chi connectivity index (χ1) is 6.09. The van der Waals surface area contributed by atoms with Gasteiger partial charge in [0, 0.05) is 24.2 Å². The van der Waals surface area contributed by atoms with Crippen molar-refractivity contribution in [3.8, 4) is 0 Å². The summed E-state index contributed by atoms with van der Waals surface area (Å²) in [6, 6.07) is 1.60. The number of hydrogen-bond acceptors (Lipinski definition) is 2. The summed E-state index contributed by atoms with van der Waals surface area (Å²) in [5, 5.41) is 5.01. The number of nitrogens with two attached hydrogens (primary N) is 1. The number of anilines is 1. The highest BCUT2D eigenvalue weighted by Crippen LogP contribution is 2.24. The molecule has 0 unspecified atom stereocenters. The zero-order valence-corrected chi connectivity index (χ0v) is 7.50. The Kier molecular flexibility index (Phi) is 1.52. The molecule has 3 nitrogen and oxygen atoms in total. The summed E-state index contributed by atoms with van der Waals surface area (Å²) < 4.78 is 14.9. The highest BCUT2D eigenvalue weighted by atomic mass is 19.1. The SMILES string of the molecule is Cc1c(F)c(N)cc2cn(C)nc12. The fraction of sp³-hybridized carbons (Fsp3) is 0.222. The summed E-state index contributed by atoms with van der Waals surface area (Å²) >= 11 is 0. The lowest BCUT2D eigenvalue weighted by Crippen LogP contribution is -1.94. The molecular weight excluding hydrogens is 169 g/mol. The van der Waals surface area contributed by atoms with Crippen molar-refractivity contribution in [3.63, 3.8) is 0 Å². The van der Waals surface area contributed by atoms with Gasteiger partial charge in [-0.25, -0.2) is 4.39 Å². The summed E-state index contributed by atoms with van der Waals surface area (Å²) in [5.74, 6) is -0.369. The monoisotopic (exact) mass is 179 g/mol. The molecule has 2 N–H and O–H groups in total. The molecule has 2 rings (SSSR count). The first-order valence-electron chi connectivity index (χ1n) is 3.97. The second-order valence-electron chi connectivity index (χ2n) is 3.15. The molecule has 1 heterocycles. The molecule has 13 heavy (non-hydrogen) atoms. The normalized spacial score (nSPS) is 11.0. The van der Waals surface area contributed by atoms with E-state index in [2.05, 4.69) is 5.10 Å². The molecule has 0 bridgehead atoms. The van der Waals surface area contributed by atoms with E-state index in [-0.39, 0.29) is 11.5 Å². The first-order valence-corrected chi connectivity index (χ1v) is 3.97. The van der Waals surface area contributed by atoms with Gasteiger partial charge >= 0.3 is 0 Å². The fourth-order valence-electron chi connectivity index (χ4n) is 1.46. The van der Waals surface area contributed by atoms with Crippen molar-refractivity contribution in [1.29, 1.82) is 0 Å². The topological polar surface area (TPSA) is 43.8 Å². The molecular formula is C9H10FN3. The number of benzene rings is 1. The number of rotatable bonds is 0. The van der Waals surface area contributed by atoms with Gasteiger partial charge in [-0.3, -0.25) is 4.68 Å². The number of halogens is 1. The van der Waals surface area contributed by atoms with Gasteiger partial charge in [0.05, 0.1) is 11.2 Å². The molecule has 1 aromatic heterocycles. The Hall–Kier alpha value is -1.58. The summed E-state index contributed by atoms with van der Waals surface area (Å²) in [6.45, 7) is 1.68. The molecule has 0 saturated heterocycles. The van der Waals surface area contributed by atoms with E-state index in [1.807, 2.05) is 6.20 Å². The zero-order valence-electron chi connectivity index (χ0n) is 7.50. The predicted molar refractivity (Wildman–Crippen MR) is 49.8 cm³/mol. The lowest BCUT2D eigenvalue weighted by molar-refractivity contribution is 0.625. The van der Waals surface area contributed by atoms with Crippen LogP contribution in [0.2, 0.25) is 0 Å². The van der Waals surface area contributed by atoms with Crippen LogP contribution >= 0.6 is 0 Å². The fourth-order valence-corrected chi connectivity index (χ4v) is 1.46. The average Bonchev–Trinajstić information content (AvgIpc) is 2.42. The highest BCUT2D eigenvalue weighted by Gasteiger charge is 2.09. The minimum absolute atomic E-state index is 0.179. The maximum atomic E-state index is 13.3. The van der Waals surface area contributed by atoms with Crippen LogP contribution in [0.1, 0.15) is 5.56 Å². The molecule has 0 saturated carbocycles. The number of nitrogen functional groups attached to an aromatic ring is 1. The second kappa shape index (κ2) is 2.45. The van der Waals surface area contributed by atoms with Crippen LogP contribution in [0, 0.1) is 12.7 Å². The minimum atomic E-state index is -0.369. The first kappa shape index (κ1) is 8.04. The Balaban J connectivity index is 2.92. The number of hydrogen-bond donors (Lipinski definition) is 1. The van der Waals surface area contributed by atoms with Crippen LogP contribution in [-0.4, -0.2) is 9.78 Å². The maximum absolute atomic E-state index is 13.3. The third-order valence-electron chi connectivity index (χ3n) is 2.11. The molecule has 0 aliphatic heterocycles. The molecule has 1 aromatic carbocycles. The van der Waals surface area contributed by atoms with E-state index in [1.165, 1.54) is 0 Å². The lowest BCUT2D eigenvalue weighted by atomic mass is 10.1. The molecule has 68 valence electrons. The third kappa shape index (κ3) is 1.06. The minimum Gasteiger partial charge on any atom is -0.396 e. The molecule has 2 aromatic rings. The Morgan fingerprint density at radius 1 is 1.54 bits per heavy atom. The van der Waals surface area contributed by atoms with Gasteiger partial charge in [-0.1, -0.05) is 0 Å². The van der Waals surface area contributed by atoms with Crippen LogP contribution in [0.3, 0.4) is 0 Å². The molecule has 0 aliphatic rings. The quantitative estimate of drug-likeness (QED) is 0.624. The largest absolute Gasteiger partial charge is 0.396 e. The Morgan fingerprint density at radius 3 is 2.92 bits per heavy atom. The number of aromatic nitrogens is 2. The molecule has 0 radical (unpaired) electrons. The second-order valence-corrected chi connectivity index (χ2v) is 3.15. The van der Waals surface area contributed by atoms with Crippen LogP contribution in [0.5, 0.6) is 0 Å². The van der Waals surface area contributed by atoms with Gasteiger partial charge in [-0.05, 0) is 13.0 Å². The van der Waals surface area contributed by atoms with E-state index in [0.29, 0.717) is 11.1 Å². The van der Waals surface area contributed by atoms with Gasteiger partial charge < -0.3 is 5.73 Å². The summed E-state index contributed by atoms with van der Waals surface area (Å²) in [5.41, 5.74) is 6.85. The predicted octanol–water partition coefficient (Wildman–Crippen LogP) is 1.60. The molecule has 0 spiro atoms. The smallest absolute Gasteiger partial charge is 0.151 e. The van der Waals surface area contributed by atoms with E-state index in [1.54, 1.807) is 24.7 Å². The van der Waals surface area contributed by atoms with Gasteiger partial charge in [-0.2, -0.15) is 5.10 Å². The lowest BCUT2D eigenvalue weighted by Gasteiger charge is -2.00. The van der Waals surface area contributed by atoms with Gasteiger partial charge in [-0.15, -0.1) is 0 Å². The number of aryl methyl sites for hydroxylation is 2. The van der Waals surface area contributed by atoms with Crippen molar-refractivity contribution >= 4 is 16.6 Å². The van der Waals surface area contributed by atoms with Crippen molar-refractivity contribution in [2.24, 2.45) is 7.05 Å². The van der Waals surface area contributed by atoms with E-state index in [4.69, 9.17) is 5.73 Å². The average molecular weight is 179 g/mol. The van der Waals surface area contributed by atoms with E-state index in [0.717, 1.165) is 5.39 Å². The van der Waals surface area contributed by atoms with E-state index >= 15 is 0 Å². The van der Waals surface area contributed by atoms with Gasteiger partial charge in [0.15, 0.2) is 5.82 Å². The van der Waals surface area contributed by atoms with Gasteiger partial charge in [0.2, 0.25) is 0 Å². The third-order valence-corrected chi connectivity index (χ3v) is 2.11. The highest BCUT2D eigenvalue weighted by molar-refractivity contribution is 5.85. The van der Waals surface area contributed by atoms with Crippen LogP contribution in [0.25, 0.3) is 10.9 Å². The van der Waals surface area contributed by atoms with Crippen molar-refractivity contribution in [2.75, 3.05) is 5.73 Å².